The lowest BCUT2D eigenvalue weighted by molar-refractivity contribution is 1.06. The molecule has 0 amide bonds. The maximum absolute atomic E-state index is 5.30. The van der Waals surface area contributed by atoms with E-state index in [0.717, 1.165) is 44.8 Å². The van der Waals surface area contributed by atoms with Crippen molar-refractivity contribution >= 4 is 66.8 Å². The zero-order valence-corrected chi connectivity index (χ0v) is 31.3. The van der Waals surface area contributed by atoms with E-state index in [9.17, 15) is 0 Å². The summed E-state index contributed by atoms with van der Waals surface area (Å²) in [4.78, 5) is 15.1. The third kappa shape index (κ3) is 6.50. The highest BCUT2D eigenvalue weighted by Crippen LogP contribution is 2.35. The fraction of sp³-hybridized carbons (Fsp3) is 0.0377. The molecule has 8 aromatic carbocycles. The molecule has 0 aliphatic heterocycles. The van der Waals surface area contributed by atoms with Crippen molar-refractivity contribution in [1.82, 2.24) is 4.98 Å². The first-order valence-electron chi connectivity index (χ1n) is 18.9. The topological polar surface area (TPSA) is 37.6 Å². The molecule has 3 heteroatoms. The van der Waals surface area contributed by atoms with E-state index >= 15 is 0 Å². The van der Waals surface area contributed by atoms with Gasteiger partial charge in [0.15, 0.2) is 5.84 Å². The van der Waals surface area contributed by atoms with Gasteiger partial charge in [0.2, 0.25) is 0 Å². The lowest BCUT2D eigenvalue weighted by Gasteiger charge is -2.12. The zero-order valence-electron chi connectivity index (χ0n) is 31.3. The van der Waals surface area contributed by atoms with E-state index in [0.29, 0.717) is 12.4 Å². The number of aliphatic imine (C=N–C) groups is 2. The number of pyridine rings is 1. The number of aromatic nitrogens is 1. The van der Waals surface area contributed by atoms with Crippen LogP contribution in [0.3, 0.4) is 0 Å². The summed E-state index contributed by atoms with van der Waals surface area (Å²) in [5.41, 5.74) is 10.3. The minimum atomic E-state index is 0.487. The summed E-state index contributed by atoms with van der Waals surface area (Å²) in [6.45, 7) is 10.4. The van der Waals surface area contributed by atoms with E-state index in [1.165, 1.54) is 54.2 Å². The summed E-state index contributed by atoms with van der Waals surface area (Å²) >= 11 is 0. The van der Waals surface area contributed by atoms with Gasteiger partial charge in [-0.05, 0) is 96.5 Å². The van der Waals surface area contributed by atoms with Gasteiger partial charge < -0.3 is 0 Å². The van der Waals surface area contributed by atoms with Crippen LogP contribution in [-0.4, -0.2) is 16.5 Å². The molecule has 0 saturated heterocycles. The van der Waals surface area contributed by atoms with Crippen LogP contribution in [0.1, 0.15) is 34.9 Å². The summed E-state index contributed by atoms with van der Waals surface area (Å²) < 4.78 is 0. The fourth-order valence-electron chi connectivity index (χ4n) is 7.81. The minimum Gasteiger partial charge on any atom is -0.261 e. The molecule has 9 rings (SSSR count). The second-order valence-corrected chi connectivity index (χ2v) is 14.1. The maximum Gasteiger partial charge on any atom is 0.155 e. The third-order valence-corrected chi connectivity index (χ3v) is 10.7. The molecule has 9 aromatic rings. The van der Waals surface area contributed by atoms with Crippen molar-refractivity contribution in [2.75, 3.05) is 0 Å². The van der Waals surface area contributed by atoms with Crippen LogP contribution in [0.25, 0.3) is 77.5 Å². The zero-order chi connectivity index (χ0) is 38.0. The van der Waals surface area contributed by atoms with Crippen molar-refractivity contribution in [3.8, 4) is 22.3 Å². The molecule has 0 N–H and O–H groups in total. The Morgan fingerprint density at radius 3 is 1.79 bits per heavy atom. The molecule has 0 fully saturated rings. The number of hydrogen-bond acceptors (Lipinski definition) is 2. The second-order valence-electron chi connectivity index (χ2n) is 14.1. The van der Waals surface area contributed by atoms with Gasteiger partial charge in [-0.15, -0.1) is 0 Å². The predicted octanol–water partition coefficient (Wildman–Crippen LogP) is 13.8. The van der Waals surface area contributed by atoms with Gasteiger partial charge in [0, 0.05) is 34.2 Å². The quantitative estimate of drug-likeness (QED) is 0.0876. The summed E-state index contributed by atoms with van der Waals surface area (Å²) in [6.07, 6.45) is 5.45. The molecule has 0 saturated carbocycles. The number of fused-ring (bicyclic) bond motifs is 6. The highest BCUT2D eigenvalue weighted by Gasteiger charge is 2.13. The standard InChI is InChI=1S/C53H39N3/c1-4-37-30-43(34-54-52(37)5-2)38-26-28-40(29-27-38)53(56-35(3)50-31-41-14-6-8-16-44(41)46-18-10-12-20-48(46)50)55-33-36-22-24-39(25-23-36)51-32-42-15-7-9-17-45(42)47-19-11-13-21-49(47)51/h4-32,34H,1-2,33H2,3H3. The van der Waals surface area contributed by atoms with E-state index < -0.39 is 0 Å². The number of rotatable bonds is 8. The van der Waals surface area contributed by atoms with Crippen molar-refractivity contribution in [2.24, 2.45) is 9.98 Å². The minimum absolute atomic E-state index is 0.487. The van der Waals surface area contributed by atoms with Crippen molar-refractivity contribution in [2.45, 2.75) is 13.5 Å². The normalized spacial score (nSPS) is 12.1. The molecule has 1 heterocycles. The van der Waals surface area contributed by atoms with Crippen LogP contribution in [0.5, 0.6) is 0 Å². The van der Waals surface area contributed by atoms with E-state index in [1.54, 1.807) is 6.08 Å². The van der Waals surface area contributed by atoms with E-state index in [4.69, 9.17) is 9.98 Å². The van der Waals surface area contributed by atoms with Gasteiger partial charge in [0.1, 0.15) is 0 Å². The Labute approximate surface area is 327 Å². The Balaban J connectivity index is 1.10. The average molecular weight is 718 g/mol. The molecule has 0 radical (unpaired) electrons. The molecule has 1 aromatic heterocycles. The summed E-state index contributed by atoms with van der Waals surface area (Å²) in [6, 6.07) is 58.3. The van der Waals surface area contributed by atoms with Crippen LogP contribution >= 0.6 is 0 Å². The Bertz CT molecular complexity index is 3020. The molecule has 0 unspecified atom stereocenters. The molecule has 0 bridgehead atoms. The van der Waals surface area contributed by atoms with Crippen LogP contribution in [-0.2, 0) is 6.54 Å². The first kappa shape index (κ1) is 34.5. The number of hydrogen-bond donors (Lipinski definition) is 0. The van der Waals surface area contributed by atoms with Crippen LogP contribution in [0.15, 0.2) is 193 Å². The molecular formula is C53H39N3. The van der Waals surface area contributed by atoms with Crippen molar-refractivity contribution in [1.29, 1.82) is 0 Å². The maximum atomic E-state index is 5.30. The first-order valence-corrected chi connectivity index (χ1v) is 18.9. The third-order valence-electron chi connectivity index (χ3n) is 10.7. The lowest BCUT2D eigenvalue weighted by atomic mass is 9.93. The number of nitrogens with zero attached hydrogens (tertiary/aromatic N) is 3. The fourth-order valence-corrected chi connectivity index (χ4v) is 7.81. The Kier molecular flexibility index (Phi) is 9.18. The largest absolute Gasteiger partial charge is 0.261 e. The van der Waals surface area contributed by atoms with Gasteiger partial charge in [-0.25, -0.2) is 4.99 Å². The first-order chi connectivity index (χ1) is 27.6. The smallest absolute Gasteiger partial charge is 0.155 e. The van der Waals surface area contributed by atoms with E-state index in [2.05, 4.69) is 189 Å². The monoisotopic (exact) mass is 717 g/mol. The highest BCUT2D eigenvalue weighted by atomic mass is 14.9. The molecule has 56 heavy (non-hydrogen) atoms. The lowest BCUT2D eigenvalue weighted by Crippen LogP contribution is -2.05. The SMILES string of the molecule is C=Cc1cc(-c2ccc(C(=NCc3ccc(-c4cc5ccccc5c5ccccc45)cc3)N=C(C)c3cc4ccccc4c4ccccc34)cc2)cnc1C=C. The van der Waals surface area contributed by atoms with Crippen LogP contribution < -0.4 is 0 Å². The predicted molar refractivity (Wildman–Crippen MR) is 241 cm³/mol. The molecular weight excluding hydrogens is 679 g/mol. The van der Waals surface area contributed by atoms with Gasteiger partial charge >= 0.3 is 0 Å². The van der Waals surface area contributed by atoms with Crippen molar-refractivity contribution < 1.29 is 0 Å². The molecule has 0 aliphatic rings. The molecule has 0 spiro atoms. The van der Waals surface area contributed by atoms with Crippen molar-refractivity contribution in [3.05, 3.63) is 211 Å². The second kappa shape index (κ2) is 14.9. The van der Waals surface area contributed by atoms with E-state index in [1.807, 2.05) is 12.3 Å². The summed E-state index contributed by atoms with van der Waals surface area (Å²) in [5.74, 6) is 0.683. The van der Waals surface area contributed by atoms with Gasteiger partial charge in [-0.3, -0.25) is 9.98 Å². The van der Waals surface area contributed by atoms with Gasteiger partial charge in [0.05, 0.1) is 12.2 Å². The van der Waals surface area contributed by atoms with E-state index in [-0.39, 0.29) is 0 Å². The van der Waals surface area contributed by atoms with Crippen LogP contribution in [0.4, 0.5) is 0 Å². The number of benzene rings is 8. The van der Waals surface area contributed by atoms with Crippen molar-refractivity contribution in [3.63, 3.8) is 0 Å². The van der Waals surface area contributed by atoms with Gasteiger partial charge in [0.25, 0.3) is 0 Å². The Morgan fingerprint density at radius 1 is 0.554 bits per heavy atom. The van der Waals surface area contributed by atoms with Gasteiger partial charge in [-0.1, -0.05) is 165 Å². The van der Waals surface area contributed by atoms with Crippen LogP contribution in [0, 0.1) is 0 Å². The molecule has 0 atom stereocenters. The number of amidine groups is 1. The summed E-state index contributed by atoms with van der Waals surface area (Å²) in [5, 5.41) is 9.84. The van der Waals surface area contributed by atoms with Gasteiger partial charge in [-0.2, -0.15) is 0 Å². The Morgan fingerprint density at radius 2 is 1.12 bits per heavy atom. The molecule has 3 nitrogen and oxygen atoms in total. The average Bonchev–Trinajstić information content (AvgIpc) is 3.27. The molecule has 266 valence electrons. The Hall–Kier alpha value is -7.23. The summed E-state index contributed by atoms with van der Waals surface area (Å²) in [7, 11) is 0. The van der Waals surface area contributed by atoms with Crippen LogP contribution in [0.2, 0.25) is 0 Å². The highest BCUT2D eigenvalue weighted by molar-refractivity contribution is 6.21. The molecule has 0 aliphatic carbocycles.